The van der Waals surface area contributed by atoms with E-state index in [9.17, 15) is 4.79 Å². The van der Waals surface area contributed by atoms with Gasteiger partial charge >= 0.3 is 5.97 Å². The van der Waals surface area contributed by atoms with E-state index < -0.39 is 6.04 Å². The zero-order valence-corrected chi connectivity index (χ0v) is 8.51. The summed E-state index contributed by atoms with van der Waals surface area (Å²) in [5, 5.41) is 0. The number of ether oxygens (including phenoxy) is 2. The summed E-state index contributed by atoms with van der Waals surface area (Å²) in [4.78, 5) is 11.0. The van der Waals surface area contributed by atoms with Crippen molar-refractivity contribution in [2.45, 2.75) is 18.9 Å². The van der Waals surface area contributed by atoms with Crippen LogP contribution in [0.2, 0.25) is 0 Å². The number of carbonyl (C=O) groups excluding carboxylic acids is 1. The predicted octanol–water partition coefficient (Wildman–Crippen LogP) is 0.335. The molecule has 1 heterocycles. The maximum absolute atomic E-state index is 11.0. The highest BCUT2D eigenvalue weighted by molar-refractivity contribution is 5.85. The Labute approximate surface area is 84.2 Å². The first-order valence-electron chi connectivity index (χ1n) is 4.17. The highest BCUT2D eigenvalue weighted by atomic mass is 35.5. The first kappa shape index (κ1) is 12.7. The third kappa shape index (κ3) is 3.50. The smallest absolute Gasteiger partial charge is 0.322 e. The van der Waals surface area contributed by atoms with Crippen molar-refractivity contribution in [3.8, 4) is 0 Å². The fourth-order valence-corrected chi connectivity index (χ4v) is 1.40. The summed E-state index contributed by atoms with van der Waals surface area (Å²) in [5.74, 6) is -0.0897. The summed E-state index contributed by atoms with van der Waals surface area (Å²) in [7, 11) is 1.36. The molecule has 1 aliphatic rings. The lowest BCUT2D eigenvalue weighted by atomic mass is 9.92. The van der Waals surface area contributed by atoms with Gasteiger partial charge in [0, 0.05) is 13.2 Å². The molecule has 1 atom stereocenters. The minimum Gasteiger partial charge on any atom is -0.468 e. The molecule has 1 aliphatic heterocycles. The zero-order valence-electron chi connectivity index (χ0n) is 7.69. The molecule has 0 aromatic heterocycles. The zero-order chi connectivity index (χ0) is 8.97. The maximum atomic E-state index is 11.0. The highest BCUT2D eigenvalue weighted by Gasteiger charge is 2.26. The van der Waals surface area contributed by atoms with Crippen molar-refractivity contribution in [3.63, 3.8) is 0 Å². The van der Waals surface area contributed by atoms with E-state index in [0.717, 1.165) is 12.8 Å². The van der Waals surface area contributed by atoms with Crippen LogP contribution in [0, 0.1) is 5.92 Å². The Morgan fingerprint density at radius 2 is 2.08 bits per heavy atom. The molecular weight excluding hydrogens is 194 g/mol. The van der Waals surface area contributed by atoms with E-state index in [-0.39, 0.29) is 24.3 Å². The van der Waals surface area contributed by atoms with Crippen LogP contribution >= 0.6 is 12.4 Å². The van der Waals surface area contributed by atoms with Crippen LogP contribution < -0.4 is 5.73 Å². The summed E-state index contributed by atoms with van der Waals surface area (Å²) >= 11 is 0. The third-order valence-electron chi connectivity index (χ3n) is 2.25. The molecule has 2 N–H and O–H groups in total. The largest absolute Gasteiger partial charge is 0.468 e. The number of esters is 1. The fourth-order valence-electron chi connectivity index (χ4n) is 1.40. The number of hydrogen-bond donors (Lipinski definition) is 1. The van der Waals surface area contributed by atoms with E-state index in [2.05, 4.69) is 4.74 Å². The van der Waals surface area contributed by atoms with E-state index in [1.54, 1.807) is 0 Å². The minimum absolute atomic E-state index is 0. The van der Waals surface area contributed by atoms with E-state index in [0.29, 0.717) is 13.2 Å². The van der Waals surface area contributed by atoms with Crippen LogP contribution in [0.4, 0.5) is 0 Å². The molecule has 4 nitrogen and oxygen atoms in total. The Morgan fingerprint density at radius 1 is 1.54 bits per heavy atom. The van der Waals surface area contributed by atoms with Crippen LogP contribution in [0.15, 0.2) is 0 Å². The Morgan fingerprint density at radius 3 is 2.54 bits per heavy atom. The van der Waals surface area contributed by atoms with Gasteiger partial charge in [-0.25, -0.2) is 0 Å². The maximum Gasteiger partial charge on any atom is 0.322 e. The van der Waals surface area contributed by atoms with Crippen molar-refractivity contribution in [1.82, 2.24) is 0 Å². The predicted molar refractivity (Wildman–Crippen MR) is 50.8 cm³/mol. The van der Waals surface area contributed by atoms with Crippen molar-refractivity contribution in [3.05, 3.63) is 0 Å². The van der Waals surface area contributed by atoms with Crippen LogP contribution in [0.5, 0.6) is 0 Å². The summed E-state index contributed by atoms with van der Waals surface area (Å²) in [6, 6.07) is -0.473. The second kappa shape index (κ2) is 6.18. The Hall–Kier alpha value is -0.320. The molecular formula is C8H16ClNO3. The number of methoxy groups -OCH3 is 1. The van der Waals surface area contributed by atoms with E-state index in [1.807, 2.05) is 0 Å². The summed E-state index contributed by atoms with van der Waals surface area (Å²) in [6.07, 6.45) is 1.71. The number of halogens is 1. The average Bonchev–Trinajstić information content (AvgIpc) is 2.17. The monoisotopic (exact) mass is 209 g/mol. The average molecular weight is 210 g/mol. The number of hydrogen-bond acceptors (Lipinski definition) is 4. The van der Waals surface area contributed by atoms with Crippen LogP contribution in [-0.4, -0.2) is 32.3 Å². The quantitative estimate of drug-likeness (QED) is 0.667. The van der Waals surface area contributed by atoms with Crippen LogP contribution in [0.1, 0.15) is 12.8 Å². The van der Waals surface area contributed by atoms with Gasteiger partial charge in [0.25, 0.3) is 0 Å². The summed E-state index contributed by atoms with van der Waals surface area (Å²) in [5.41, 5.74) is 5.67. The molecule has 1 saturated heterocycles. The van der Waals surface area contributed by atoms with Gasteiger partial charge in [0.2, 0.25) is 0 Å². The number of nitrogens with two attached hydrogens (primary N) is 1. The molecule has 0 aromatic carbocycles. The van der Waals surface area contributed by atoms with Crippen molar-refractivity contribution in [2.75, 3.05) is 20.3 Å². The first-order chi connectivity index (χ1) is 5.75. The van der Waals surface area contributed by atoms with Gasteiger partial charge in [0.15, 0.2) is 0 Å². The van der Waals surface area contributed by atoms with Gasteiger partial charge in [-0.05, 0) is 18.8 Å². The number of rotatable bonds is 2. The SMILES string of the molecule is COC(=O)C(N)C1CCOCC1.Cl. The summed E-state index contributed by atoms with van der Waals surface area (Å²) in [6.45, 7) is 1.41. The highest BCUT2D eigenvalue weighted by Crippen LogP contribution is 2.17. The molecule has 1 unspecified atom stereocenters. The van der Waals surface area contributed by atoms with Gasteiger partial charge in [0.05, 0.1) is 7.11 Å². The molecule has 5 heteroatoms. The van der Waals surface area contributed by atoms with Gasteiger partial charge in [-0.3, -0.25) is 4.79 Å². The Kier molecular flexibility index (Phi) is 6.03. The Balaban J connectivity index is 0.00000144. The second-order valence-corrected chi connectivity index (χ2v) is 3.00. The Bertz CT molecular complexity index is 159. The van der Waals surface area contributed by atoms with Crippen LogP contribution in [0.3, 0.4) is 0 Å². The molecule has 13 heavy (non-hydrogen) atoms. The summed E-state index contributed by atoms with van der Waals surface area (Å²) < 4.78 is 9.72. The lowest BCUT2D eigenvalue weighted by Crippen LogP contribution is -2.41. The van der Waals surface area contributed by atoms with Gasteiger partial charge in [-0.1, -0.05) is 0 Å². The fraction of sp³-hybridized carbons (Fsp3) is 0.875. The molecule has 1 rings (SSSR count). The van der Waals surface area contributed by atoms with Crippen LogP contribution in [0.25, 0.3) is 0 Å². The van der Waals surface area contributed by atoms with E-state index in [1.165, 1.54) is 7.11 Å². The molecule has 0 amide bonds. The van der Waals surface area contributed by atoms with Crippen LogP contribution in [-0.2, 0) is 14.3 Å². The van der Waals surface area contributed by atoms with Gasteiger partial charge in [-0.15, -0.1) is 12.4 Å². The third-order valence-corrected chi connectivity index (χ3v) is 2.25. The molecule has 0 spiro atoms. The van der Waals surface area contributed by atoms with Gasteiger partial charge in [0.1, 0.15) is 6.04 Å². The topological polar surface area (TPSA) is 61.5 Å². The van der Waals surface area contributed by atoms with E-state index in [4.69, 9.17) is 10.5 Å². The minimum atomic E-state index is -0.473. The van der Waals surface area contributed by atoms with Crippen molar-refractivity contribution < 1.29 is 14.3 Å². The second-order valence-electron chi connectivity index (χ2n) is 3.00. The lowest BCUT2D eigenvalue weighted by Gasteiger charge is -2.25. The first-order valence-corrected chi connectivity index (χ1v) is 4.17. The molecule has 78 valence electrons. The molecule has 0 bridgehead atoms. The van der Waals surface area contributed by atoms with Crippen molar-refractivity contribution in [1.29, 1.82) is 0 Å². The van der Waals surface area contributed by atoms with Crippen molar-refractivity contribution in [2.24, 2.45) is 11.7 Å². The molecule has 0 radical (unpaired) electrons. The molecule has 0 aromatic rings. The van der Waals surface area contributed by atoms with Gasteiger partial charge in [-0.2, -0.15) is 0 Å². The number of carbonyl (C=O) groups is 1. The molecule has 0 aliphatic carbocycles. The van der Waals surface area contributed by atoms with E-state index >= 15 is 0 Å². The van der Waals surface area contributed by atoms with Crippen molar-refractivity contribution >= 4 is 18.4 Å². The normalized spacial score (nSPS) is 20.2. The molecule has 0 saturated carbocycles. The standard InChI is InChI=1S/C8H15NO3.ClH/c1-11-8(10)7(9)6-2-4-12-5-3-6;/h6-7H,2-5,9H2,1H3;1H. The lowest BCUT2D eigenvalue weighted by molar-refractivity contribution is -0.144. The molecule has 1 fully saturated rings. The van der Waals surface area contributed by atoms with Gasteiger partial charge < -0.3 is 15.2 Å².